The summed E-state index contributed by atoms with van der Waals surface area (Å²) in [5.41, 5.74) is 0.550. The first-order valence-corrected chi connectivity index (χ1v) is 9.27. The molecular weight excluding hydrogens is 368 g/mol. The average molecular weight is 385 g/mol. The van der Waals surface area contributed by atoms with Crippen LogP contribution in [0.25, 0.3) is 0 Å². The second kappa shape index (κ2) is 6.78. The molecule has 1 aromatic carbocycles. The zero-order chi connectivity index (χ0) is 19.1. The minimum Gasteiger partial charge on any atom is -0.277 e. The van der Waals surface area contributed by atoms with Gasteiger partial charge in [-0.25, -0.2) is 4.79 Å². The lowest BCUT2D eigenvalue weighted by atomic mass is 9.92. The van der Waals surface area contributed by atoms with Crippen molar-refractivity contribution >= 4 is 41.3 Å². The van der Waals surface area contributed by atoms with E-state index in [1.807, 2.05) is 6.07 Å². The van der Waals surface area contributed by atoms with Gasteiger partial charge in [0.1, 0.15) is 6.07 Å². The first kappa shape index (κ1) is 17.7. The Labute approximate surface area is 161 Å². The van der Waals surface area contributed by atoms with Crippen molar-refractivity contribution in [1.82, 2.24) is 10.2 Å². The summed E-state index contributed by atoms with van der Waals surface area (Å²) in [5, 5.41) is 11.8. The molecule has 1 aromatic rings. The molecule has 0 radical (unpaired) electrons. The van der Waals surface area contributed by atoms with Crippen LogP contribution in [-0.4, -0.2) is 35.0 Å². The average Bonchev–Trinajstić information content (AvgIpc) is 3.25. The van der Waals surface area contributed by atoms with Crippen LogP contribution in [0.3, 0.4) is 0 Å². The minimum atomic E-state index is -1.20. The number of carbonyl (C=O) groups excluding carboxylic acids is 3. The Hall–Kier alpha value is -2.72. The quantitative estimate of drug-likeness (QED) is 0.639. The third-order valence-corrected chi connectivity index (χ3v) is 5.95. The molecule has 0 unspecified atom stereocenters. The van der Waals surface area contributed by atoms with Gasteiger partial charge in [0.05, 0.1) is 11.3 Å². The molecule has 4 rings (SSSR count). The number of benzene rings is 1. The summed E-state index contributed by atoms with van der Waals surface area (Å²) in [5.74, 6) is -1.59. The van der Waals surface area contributed by atoms with Crippen molar-refractivity contribution in [2.75, 3.05) is 0 Å². The minimum absolute atomic E-state index is 0.152. The predicted octanol–water partition coefficient (Wildman–Crippen LogP) is 2.80. The number of barbiturate groups is 1. The number of hydrogen-bond donors (Lipinski definition) is 1. The number of hydrogen-bond acceptors (Lipinski definition) is 5. The van der Waals surface area contributed by atoms with Crippen molar-refractivity contribution in [1.29, 1.82) is 5.26 Å². The van der Waals surface area contributed by atoms with Crippen LogP contribution >= 0.6 is 11.6 Å². The van der Waals surface area contributed by atoms with Crippen molar-refractivity contribution < 1.29 is 14.4 Å². The predicted molar refractivity (Wildman–Crippen MR) is 97.4 cm³/mol. The monoisotopic (exact) mass is 384 g/mol. The van der Waals surface area contributed by atoms with E-state index >= 15 is 0 Å². The van der Waals surface area contributed by atoms with Gasteiger partial charge in [0.15, 0.2) is 5.92 Å². The third-order valence-electron chi connectivity index (χ3n) is 5.71. The van der Waals surface area contributed by atoms with Gasteiger partial charge in [0, 0.05) is 17.3 Å². The number of nitrogens with zero attached hydrogens (tertiary/aromatic N) is 3. The van der Waals surface area contributed by atoms with Crippen molar-refractivity contribution in [3.05, 3.63) is 28.8 Å². The Balaban J connectivity index is 1.60. The van der Waals surface area contributed by atoms with Crippen LogP contribution in [0.1, 0.15) is 31.2 Å². The number of imide groups is 2. The highest BCUT2D eigenvalue weighted by atomic mass is 35.5. The highest BCUT2D eigenvalue weighted by molar-refractivity contribution is 6.31. The molecule has 138 valence electrons. The molecule has 2 saturated carbocycles. The van der Waals surface area contributed by atoms with Crippen LogP contribution in [0.4, 0.5) is 10.5 Å². The molecule has 2 aliphatic carbocycles. The first-order valence-electron chi connectivity index (χ1n) is 8.89. The van der Waals surface area contributed by atoms with Gasteiger partial charge in [-0.15, -0.1) is 0 Å². The normalized spacial score (nSPS) is 30.1. The maximum absolute atomic E-state index is 12.9. The summed E-state index contributed by atoms with van der Waals surface area (Å²) in [6, 6.07) is 5.76. The zero-order valence-corrected chi connectivity index (χ0v) is 15.1. The zero-order valence-electron chi connectivity index (χ0n) is 14.4. The van der Waals surface area contributed by atoms with Gasteiger partial charge in [-0.05, 0) is 49.3 Å². The molecule has 3 fully saturated rings. The van der Waals surface area contributed by atoms with Gasteiger partial charge in [-0.1, -0.05) is 18.0 Å². The van der Waals surface area contributed by atoms with Gasteiger partial charge < -0.3 is 0 Å². The lowest BCUT2D eigenvalue weighted by molar-refractivity contribution is -0.141. The second-order valence-corrected chi connectivity index (χ2v) is 7.71. The van der Waals surface area contributed by atoms with Gasteiger partial charge in [0.25, 0.3) is 0 Å². The Morgan fingerprint density at radius 1 is 1.26 bits per heavy atom. The number of carbonyl (C=O) groups is 3. The highest BCUT2D eigenvalue weighted by Gasteiger charge is 2.50. The maximum atomic E-state index is 12.9. The lowest BCUT2D eigenvalue weighted by Gasteiger charge is -2.36. The fourth-order valence-electron chi connectivity index (χ4n) is 4.44. The van der Waals surface area contributed by atoms with E-state index in [1.54, 1.807) is 6.07 Å². The fourth-order valence-corrected chi connectivity index (χ4v) is 4.61. The Kier molecular flexibility index (Phi) is 4.44. The topological polar surface area (TPSA) is 103 Å². The Morgan fingerprint density at radius 2 is 2.07 bits per heavy atom. The SMILES string of the molecule is N#Cc1ccc(Cl)cc1N=C[C@@H]1C(=O)NC(=O)N([C@@H]2C[C@H]3CC[C@H]2C3)C1=O. The second-order valence-electron chi connectivity index (χ2n) is 7.27. The van der Waals surface area contributed by atoms with Crippen molar-refractivity contribution in [3.8, 4) is 6.07 Å². The molecule has 1 heterocycles. The summed E-state index contributed by atoms with van der Waals surface area (Å²) in [6.07, 6.45) is 5.17. The molecule has 2 bridgehead atoms. The number of aliphatic imine (C=N–C) groups is 1. The van der Waals surface area contributed by atoms with Crippen LogP contribution in [0.5, 0.6) is 0 Å². The van der Waals surface area contributed by atoms with Crippen LogP contribution in [0, 0.1) is 29.1 Å². The van der Waals surface area contributed by atoms with E-state index in [-0.39, 0.29) is 17.3 Å². The first-order chi connectivity index (χ1) is 13.0. The largest absolute Gasteiger partial charge is 0.331 e. The fraction of sp³-hybridized carbons (Fsp3) is 0.421. The van der Waals surface area contributed by atoms with E-state index in [9.17, 15) is 14.4 Å². The van der Waals surface area contributed by atoms with Crippen molar-refractivity contribution in [2.45, 2.75) is 31.7 Å². The van der Waals surface area contributed by atoms with E-state index in [4.69, 9.17) is 16.9 Å². The number of nitrogens with one attached hydrogen (secondary N) is 1. The molecule has 7 nitrogen and oxygen atoms in total. The van der Waals surface area contributed by atoms with Crippen LogP contribution < -0.4 is 5.32 Å². The molecule has 1 saturated heterocycles. The summed E-state index contributed by atoms with van der Waals surface area (Å²) < 4.78 is 0. The van der Waals surface area contributed by atoms with E-state index in [2.05, 4.69) is 10.3 Å². The lowest BCUT2D eigenvalue weighted by Crippen LogP contribution is -2.62. The van der Waals surface area contributed by atoms with Crippen molar-refractivity contribution in [3.63, 3.8) is 0 Å². The van der Waals surface area contributed by atoms with Gasteiger partial charge in [0.2, 0.25) is 11.8 Å². The van der Waals surface area contributed by atoms with Gasteiger partial charge in [-0.3, -0.25) is 24.8 Å². The summed E-state index contributed by atoms with van der Waals surface area (Å²) in [4.78, 5) is 42.8. The molecule has 0 spiro atoms. The molecular formula is C19H17ClN4O3. The van der Waals surface area contributed by atoms with Gasteiger partial charge in [-0.2, -0.15) is 5.26 Å². The standard InChI is InChI=1S/C19H17ClN4O3/c20-13-4-3-12(8-21)15(7-13)22-9-14-17(25)23-19(27)24(18(14)26)16-6-10-1-2-11(16)5-10/h3-4,7,9-11,14,16H,1-2,5-6H2,(H,23,25,27)/t10-,11-,14+,16+/m0/s1. The molecule has 1 N–H and O–H groups in total. The van der Waals surface area contributed by atoms with Crippen LogP contribution in [0.2, 0.25) is 5.02 Å². The Morgan fingerprint density at radius 3 is 2.74 bits per heavy atom. The number of halogens is 1. The smallest absolute Gasteiger partial charge is 0.277 e. The van der Waals surface area contributed by atoms with E-state index in [0.29, 0.717) is 16.9 Å². The molecule has 0 aromatic heterocycles. The molecule has 4 atom stereocenters. The highest BCUT2D eigenvalue weighted by Crippen LogP contribution is 2.47. The summed E-state index contributed by atoms with van der Waals surface area (Å²) in [6.45, 7) is 0. The summed E-state index contributed by atoms with van der Waals surface area (Å²) in [7, 11) is 0. The van der Waals surface area contributed by atoms with E-state index in [1.165, 1.54) is 23.2 Å². The maximum Gasteiger partial charge on any atom is 0.331 e. The van der Waals surface area contributed by atoms with E-state index < -0.39 is 23.8 Å². The molecule has 3 aliphatic rings. The summed E-state index contributed by atoms with van der Waals surface area (Å²) >= 11 is 5.93. The number of urea groups is 1. The number of rotatable bonds is 3. The molecule has 27 heavy (non-hydrogen) atoms. The third kappa shape index (κ3) is 3.10. The number of amides is 4. The number of fused-ring (bicyclic) bond motifs is 2. The van der Waals surface area contributed by atoms with E-state index in [0.717, 1.165) is 25.7 Å². The van der Waals surface area contributed by atoms with Gasteiger partial charge >= 0.3 is 6.03 Å². The Bertz CT molecular complexity index is 907. The molecule has 4 amide bonds. The molecule has 1 aliphatic heterocycles. The van der Waals surface area contributed by atoms with Crippen LogP contribution in [0.15, 0.2) is 23.2 Å². The number of nitriles is 1. The molecule has 8 heteroatoms. The van der Waals surface area contributed by atoms with Crippen molar-refractivity contribution in [2.24, 2.45) is 22.7 Å². The van der Waals surface area contributed by atoms with Crippen LogP contribution in [-0.2, 0) is 9.59 Å².